The SMILES string of the molecule is Cl.NCCCNCCCCc1ccccc1. The molecule has 16 heavy (non-hydrogen) atoms. The lowest BCUT2D eigenvalue weighted by atomic mass is 10.1. The van der Waals surface area contributed by atoms with Crippen molar-refractivity contribution in [2.24, 2.45) is 5.73 Å². The third-order valence-electron chi connectivity index (χ3n) is 2.47. The number of hydrogen-bond acceptors (Lipinski definition) is 2. The van der Waals surface area contributed by atoms with E-state index >= 15 is 0 Å². The molecular weight excluding hydrogens is 220 g/mol. The van der Waals surface area contributed by atoms with E-state index in [9.17, 15) is 0 Å². The van der Waals surface area contributed by atoms with Crippen molar-refractivity contribution in [3.05, 3.63) is 35.9 Å². The topological polar surface area (TPSA) is 38.0 Å². The van der Waals surface area contributed by atoms with Crippen LogP contribution in [-0.2, 0) is 6.42 Å². The molecule has 92 valence electrons. The molecule has 3 heteroatoms. The summed E-state index contributed by atoms with van der Waals surface area (Å²) in [4.78, 5) is 0. The fourth-order valence-corrected chi connectivity index (χ4v) is 1.58. The number of aryl methyl sites for hydroxylation is 1. The standard InChI is InChI=1S/C13H22N2.ClH/c14-10-6-12-15-11-5-4-9-13-7-2-1-3-8-13;/h1-3,7-8,15H,4-6,9-12,14H2;1H. The summed E-state index contributed by atoms with van der Waals surface area (Å²) in [5.41, 5.74) is 6.85. The number of rotatable bonds is 8. The summed E-state index contributed by atoms with van der Waals surface area (Å²) in [5, 5.41) is 3.39. The minimum absolute atomic E-state index is 0. The maximum atomic E-state index is 5.41. The molecule has 3 N–H and O–H groups in total. The van der Waals surface area contributed by atoms with Crippen molar-refractivity contribution in [1.82, 2.24) is 5.32 Å². The highest BCUT2D eigenvalue weighted by molar-refractivity contribution is 5.85. The van der Waals surface area contributed by atoms with Gasteiger partial charge in [0.25, 0.3) is 0 Å². The van der Waals surface area contributed by atoms with Crippen molar-refractivity contribution in [2.45, 2.75) is 25.7 Å². The van der Waals surface area contributed by atoms with Gasteiger partial charge in [-0.3, -0.25) is 0 Å². The molecule has 0 amide bonds. The molecule has 1 aromatic carbocycles. The van der Waals surface area contributed by atoms with Gasteiger partial charge in [0, 0.05) is 0 Å². The molecule has 0 aliphatic heterocycles. The maximum Gasteiger partial charge on any atom is -0.00369 e. The van der Waals surface area contributed by atoms with Crippen molar-refractivity contribution in [3.8, 4) is 0 Å². The predicted molar refractivity (Wildman–Crippen MR) is 73.2 cm³/mol. The number of nitrogens with two attached hydrogens (primary N) is 1. The lowest BCUT2D eigenvalue weighted by molar-refractivity contribution is 0.607. The molecule has 0 unspecified atom stereocenters. The number of benzene rings is 1. The summed E-state index contributed by atoms with van der Waals surface area (Å²) in [6.45, 7) is 2.96. The van der Waals surface area contributed by atoms with Crippen LogP contribution in [0.15, 0.2) is 30.3 Å². The first-order chi connectivity index (χ1) is 7.43. The van der Waals surface area contributed by atoms with Gasteiger partial charge in [0.15, 0.2) is 0 Å². The van der Waals surface area contributed by atoms with Crippen LogP contribution in [0.1, 0.15) is 24.8 Å². The maximum absolute atomic E-state index is 5.41. The Morgan fingerprint density at radius 3 is 2.31 bits per heavy atom. The fraction of sp³-hybridized carbons (Fsp3) is 0.538. The monoisotopic (exact) mass is 242 g/mol. The first kappa shape index (κ1) is 15.4. The van der Waals surface area contributed by atoms with Crippen LogP contribution in [0.5, 0.6) is 0 Å². The highest BCUT2D eigenvalue weighted by Crippen LogP contribution is 2.03. The Labute approximate surface area is 105 Å². The third kappa shape index (κ3) is 7.69. The van der Waals surface area contributed by atoms with Crippen LogP contribution >= 0.6 is 12.4 Å². The van der Waals surface area contributed by atoms with Gasteiger partial charge in [-0.15, -0.1) is 12.4 Å². The van der Waals surface area contributed by atoms with Crippen LogP contribution in [-0.4, -0.2) is 19.6 Å². The van der Waals surface area contributed by atoms with Gasteiger partial charge >= 0.3 is 0 Å². The van der Waals surface area contributed by atoms with Crippen LogP contribution < -0.4 is 11.1 Å². The molecule has 0 heterocycles. The van der Waals surface area contributed by atoms with Gasteiger partial charge in [-0.1, -0.05) is 30.3 Å². The molecule has 0 aliphatic rings. The van der Waals surface area contributed by atoms with E-state index in [0.29, 0.717) is 0 Å². The van der Waals surface area contributed by atoms with Crippen LogP contribution in [0, 0.1) is 0 Å². The molecule has 0 aliphatic carbocycles. The molecule has 0 aromatic heterocycles. The normalized spacial score (nSPS) is 9.81. The minimum Gasteiger partial charge on any atom is -0.330 e. The van der Waals surface area contributed by atoms with Gasteiger partial charge in [-0.05, 0) is 50.9 Å². The smallest absolute Gasteiger partial charge is 0.00369 e. The van der Waals surface area contributed by atoms with Crippen LogP contribution in [0.25, 0.3) is 0 Å². The third-order valence-corrected chi connectivity index (χ3v) is 2.47. The Morgan fingerprint density at radius 1 is 0.938 bits per heavy atom. The van der Waals surface area contributed by atoms with E-state index in [4.69, 9.17) is 5.73 Å². The van der Waals surface area contributed by atoms with Crippen LogP contribution in [0.2, 0.25) is 0 Å². The van der Waals surface area contributed by atoms with Gasteiger partial charge in [-0.25, -0.2) is 0 Å². The molecule has 0 radical (unpaired) electrons. The summed E-state index contributed by atoms with van der Waals surface area (Å²) in [6.07, 6.45) is 4.79. The predicted octanol–water partition coefficient (Wildman–Crippen LogP) is 2.37. The largest absolute Gasteiger partial charge is 0.330 e. The van der Waals surface area contributed by atoms with Crippen LogP contribution in [0.4, 0.5) is 0 Å². The Morgan fingerprint density at radius 2 is 1.62 bits per heavy atom. The molecular formula is C13H23ClN2. The second kappa shape index (κ2) is 10.9. The Balaban J connectivity index is 0.00000225. The second-order valence-electron chi connectivity index (χ2n) is 3.83. The average Bonchev–Trinajstić information content (AvgIpc) is 2.29. The molecule has 0 saturated heterocycles. The van der Waals surface area contributed by atoms with Crippen molar-refractivity contribution >= 4 is 12.4 Å². The fourth-order valence-electron chi connectivity index (χ4n) is 1.58. The lowest BCUT2D eigenvalue weighted by Gasteiger charge is -2.03. The lowest BCUT2D eigenvalue weighted by Crippen LogP contribution is -2.19. The minimum atomic E-state index is 0. The van der Waals surface area contributed by atoms with E-state index in [2.05, 4.69) is 35.6 Å². The van der Waals surface area contributed by atoms with E-state index in [0.717, 1.165) is 26.1 Å². The van der Waals surface area contributed by atoms with Crippen molar-refractivity contribution in [3.63, 3.8) is 0 Å². The molecule has 2 nitrogen and oxygen atoms in total. The highest BCUT2D eigenvalue weighted by atomic mass is 35.5. The summed E-state index contributed by atoms with van der Waals surface area (Å²) in [5.74, 6) is 0. The average molecular weight is 243 g/mol. The number of hydrogen-bond donors (Lipinski definition) is 2. The van der Waals surface area contributed by atoms with Gasteiger partial charge in [-0.2, -0.15) is 0 Å². The van der Waals surface area contributed by atoms with Crippen molar-refractivity contribution in [1.29, 1.82) is 0 Å². The summed E-state index contributed by atoms with van der Waals surface area (Å²) < 4.78 is 0. The van der Waals surface area contributed by atoms with E-state index in [-0.39, 0.29) is 12.4 Å². The van der Waals surface area contributed by atoms with Gasteiger partial charge in [0.1, 0.15) is 0 Å². The molecule has 0 bridgehead atoms. The zero-order valence-corrected chi connectivity index (χ0v) is 10.6. The molecule has 1 aromatic rings. The summed E-state index contributed by atoms with van der Waals surface area (Å²) in [7, 11) is 0. The van der Waals surface area contributed by atoms with E-state index in [1.165, 1.54) is 24.8 Å². The van der Waals surface area contributed by atoms with E-state index in [1.807, 2.05) is 0 Å². The number of halogens is 1. The summed E-state index contributed by atoms with van der Waals surface area (Å²) >= 11 is 0. The first-order valence-corrected chi connectivity index (χ1v) is 5.88. The number of unbranched alkanes of at least 4 members (excludes halogenated alkanes) is 1. The van der Waals surface area contributed by atoms with E-state index in [1.54, 1.807) is 0 Å². The van der Waals surface area contributed by atoms with Crippen molar-refractivity contribution in [2.75, 3.05) is 19.6 Å². The van der Waals surface area contributed by atoms with Gasteiger partial charge in [0.05, 0.1) is 0 Å². The van der Waals surface area contributed by atoms with Crippen molar-refractivity contribution < 1.29 is 0 Å². The number of nitrogens with one attached hydrogen (secondary N) is 1. The van der Waals surface area contributed by atoms with E-state index < -0.39 is 0 Å². The Hall–Kier alpha value is -0.570. The summed E-state index contributed by atoms with van der Waals surface area (Å²) in [6, 6.07) is 10.7. The van der Waals surface area contributed by atoms with Crippen LogP contribution in [0.3, 0.4) is 0 Å². The molecule has 1 rings (SSSR count). The molecule has 0 saturated carbocycles. The Kier molecular flexibility index (Phi) is 10.5. The molecule has 0 spiro atoms. The zero-order valence-electron chi connectivity index (χ0n) is 9.82. The van der Waals surface area contributed by atoms with Gasteiger partial charge < -0.3 is 11.1 Å². The highest BCUT2D eigenvalue weighted by Gasteiger charge is 1.92. The molecule has 0 atom stereocenters. The quantitative estimate of drug-likeness (QED) is 0.687. The van der Waals surface area contributed by atoms with Gasteiger partial charge in [0.2, 0.25) is 0 Å². The first-order valence-electron chi connectivity index (χ1n) is 5.88. The zero-order chi connectivity index (χ0) is 10.8. The molecule has 0 fully saturated rings. The Bertz CT molecular complexity index is 239. The second-order valence-corrected chi connectivity index (χ2v) is 3.83.